The van der Waals surface area contributed by atoms with Crippen LogP contribution in [-0.4, -0.2) is 19.2 Å². The molecule has 0 saturated carbocycles. The second-order valence-corrected chi connectivity index (χ2v) is 6.24. The second kappa shape index (κ2) is 8.06. The van der Waals surface area contributed by atoms with Gasteiger partial charge in [0.15, 0.2) is 18.1 Å². The van der Waals surface area contributed by atoms with E-state index in [0.717, 1.165) is 10.8 Å². The minimum absolute atomic E-state index is 0.266. The van der Waals surface area contributed by atoms with Crippen molar-refractivity contribution in [2.24, 2.45) is 0 Å². The van der Waals surface area contributed by atoms with Gasteiger partial charge in [0, 0.05) is 11.5 Å². The molecule has 4 rings (SSSR count). The summed E-state index contributed by atoms with van der Waals surface area (Å²) in [5.41, 5.74) is -0.0888. The number of hydrogen-bond acceptors (Lipinski definition) is 6. The van der Waals surface area contributed by atoms with Crippen molar-refractivity contribution < 1.29 is 23.4 Å². The molecule has 0 aliphatic carbocycles. The first-order valence-electron chi connectivity index (χ1n) is 9.16. The quantitative estimate of drug-likeness (QED) is 0.211. The molecule has 6 nitrogen and oxygen atoms in total. The lowest BCUT2D eigenvalue weighted by Crippen LogP contribution is -2.18. The van der Waals surface area contributed by atoms with Crippen LogP contribution in [0.3, 0.4) is 0 Å². The van der Waals surface area contributed by atoms with Crippen LogP contribution in [0.5, 0.6) is 17.2 Å². The molecule has 0 fully saturated rings. The van der Waals surface area contributed by atoms with Crippen LogP contribution in [0, 0.1) is 0 Å². The molecule has 0 spiro atoms. The average Bonchev–Trinajstić information content (AvgIpc) is 2.73. The summed E-state index contributed by atoms with van der Waals surface area (Å²) < 4.78 is 21.7. The van der Waals surface area contributed by atoms with Gasteiger partial charge in [0.2, 0.25) is 0 Å². The van der Waals surface area contributed by atoms with Crippen LogP contribution >= 0.6 is 0 Å². The van der Waals surface area contributed by atoms with Gasteiger partial charge in [0.05, 0.1) is 12.0 Å². The SMILES string of the molecule is CCOc1ccccc1OCC(=O)Oc1ccc2c(c1)oc(=O)c1ccccc12. The Morgan fingerprint density at radius 2 is 1.55 bits per heavy atom. The molecule has 0 aliphatic heterocycles. The summed E-state index contributed by atoms with van der Waals surface area (Å²) in [6.45, 7) is 2.07. The summed E-state index contributed by atoms with van der Waals surface area (Å²) in [5.74, 6) is 0.700. The van der Waals surface area contributed by atoms with Gasteiger partial charge in [0.1, 0.15) is 11.3 Å². The third-order valence-electron chi connectivity index (χ3n) is 4.32. The van der Waals surface area contributed by atoms with Crippen LogP contribution in [0.1, 0.15) is 6.92 Å². The highest BCUT2D eigenvalue weighted by atomic mass is 16.6. The van der Waals surface area contributed by atoms with Crippen LogP contribution in [-0.2, 0) is 4.79 Å². The van der Waals surface area contributed by atoms with Crippen molar-refractivity contribution in [1.82, 2.24) is 0 Å². The molecule has 0 aliphatic rings. The van der Waals surface area contributed by atoms with Gasteiger partial charge in [0.25, 0.3) is 0 Å². The van der Waals surface area contributed by atoms with Crippen LogP contribution in [0.15, 0.2) is 75.9 Å². The first-order valence-corrected chi connectivity index (χ1v) is 9.16. The van der Waals surface area contributed by atoms with Crippen LogP contribution < -0.4 is 19.8 Å². The molecule has 1 aromatic heterocycles. The lowest BCUT2D eigenvalue weighted by atomic mass is 10.1. The fraction of sp³-hybridized carbons (Fsp3) is 0.130. The van der Waals surface area contributed by atoms with E-state index in [0.29, 0.717) is 29.1 Å². The maximum Gasteiger partial charge on any atom is 0.349 e. The summed E-state index contributed by atoms with van der Waals surface area (Å²) >= 11 is 0. The highest BCUT2D eigenvalue weighted by Gasteiger charge is 2.12. The third kappa shape index (κ3) is 3.91. The van der Waals surface area contributed by atoms with Crippen LogP contribution in [0.4, 0.5) is 0 Å². The molecule has 0 radical (unpaired) electrons. The minimum atomic E-state index is -0.584. The smallest absolute Gasteiger partial charge is 0.349 e. The molecule has 3 aromatic carbocycles. The molecular weight excluding hydrogens is 372 g/mol. The van der Waals surface area contributed by atoms with Crippen LogP contribution in [0.25, 0.3) is 21.7 Å². The number of ether oxygens (including phenoxy) is 3. The first kappa shape index (κ1) is 18.6. The van der Waals surface area contributed by atoms with Crippen molar-refractivity contribution in [1.29, 1.82) is 0 Å². The van der Waals surface area contributed by atoms with Crippen molar-refractivity contribution in [2.45, 2.75) is 6.92 Å². The molecule has 6 heteroatoms. The van der Waals surface area contributed by atoms with Crippen molar-refractivity contribution >= 4 is 27.7 Å². The van der Waals surface area contributed by atoms with Gasteiger partial charge in [-0.25, -0.2) is 9.59 Å². The van der Waals surface area contributed by atoms with Crippen LogP contribution in [0.2, 0.25) is 0 Å². The lowest BCUT2D eigenvalue weighted by Gasteiger charge is -2.11. The zero-order chi connectivity index (χ0) is 20.2. The van der Waals surface area contributed by atoms with Gasteiger partial charge < -0.3 is 18.6 Å². The molecule has 4 aromatic rings. The van der Waals surface area contributed by atoms with E-state index >= 15 is 0 Å². The third-order valence-corrected chi connectivity index (χ3v) is 4.32. The zero-order valence-electron chi connectivity index (χ0n) is 15.7. The number of fused-ring (bicyclic) bond motifs is 3. The Morgan fingerprint density at radius 3 is 2.31 bits per heavy atom. The first-order chi connectivity index (χ1) is 14.2. The predicted molar refractivity (Wildman–Crippen MR) is 109 cm³/mol. The van der Waals surface area contributed by atoms with E-state index in [4.69, 9.17) is 18.6 Å². The largest absolute Gasteiger partial charge is 0.490 e. The predicted octanol–water partition coefficient (Wildman–Crippen LogP) is 4.33. The van der Waals surface area contributed by atoms with Gasteiger partial charge in [-0.2, -0.15) is 0 Å². The van der Waals surface area contributed by atoms with E-state index in [1.54, 1.807) is 42.5 Å². The maximum absolute atomic E-state index is 12.2. The van der Waals surface area contributed by atoms with Gasteiger partial charge in [-0.3, -0.25) is 0 Å². The average molecular weight is 390 g/mol. The van der Waals surface area contributed by atoms with Crippen molar-refractivity contribution in [3.05, 3.63) is 77.2 Å². The number of para-hydroxylation sites is 2. The zero-order valence-corrected chi connectivity index (χ0v) is 15.7. The van der Waals surface area contributed by atoms with Gasteiger partial charge >= 0.3 is 11.6 Å². The van der Waals surface area contributed by atoms with E-state index in [-0.39, 0.29) is 12.4 Å². The Labute approximate surface area is 166 Å². The number of carbonyl (C=O) groups excluding carboxylic acids is 1. The Kier molecular flexibility index (Phi) is 5.16. The second-order valence-electron chi connectivity index (χ2n) is 6.24. The van der Waals surface area contributed by atoms with E-state index in [9.17, 15) is 9.59 Å². The highest BCUT2D eigenvalue weighted by molar-refractivity contribution is 6.04. The Balaban J connectivity index is 1.51. The summed E-state index contributed by atoms with van der Waals surface area (Å²) in [6.07, 6.45) is 0. The number of esters is 1. The Hall–Kier alpha value is -3.80. The van der Waals surface area contributed by atoms with E-state index < -0.39 is 11.6 Å². The molecule has 0 atom stereocenters. The molecule has 0 N–H and O–H groups in total. The van der Waals surface area contributed by atoms with E-state index in [2.05, 4.69) is 0 Å². The molecule has 29 heavy (non-hydrogen) atoms. The molecule has 0 bridgehead atoms. The van der Waals surface area contributed by atoms with Crippen molar-refractivity contribution in [3.8, 4) is 17.2 Å². The summed E-state index contributed by atoms with van der Waals surface area (Å²) in [5, 5.41) is 2.06. The molecule has 146 valence electrons. The van der Waals surface area contributed by atoms with Gasteiger partial charge in [-0.1, -0.05) is 30.3 Å². The normalized spacial score (nSPS) is 10.8. The van der Waals surface area contributed by atoms with E-state index in [1.165, 1.54) is 6.07 Å². The van der Waals surface area contributed by atoms with Crippen molar-refractivity contribution in [2.75, 3.05) is 13.2 Å². The standard InChI is InChI=1S/C23H18O6/c1-2-26-19-9-5-6-10-20(19)27-14-22(24)28-15-11-12-17-16-7-3-4-8-18(16)23(25)29-21(17)13-15/h3-13H,2,14H2,1H3. The molecule has 1 heterocycles. The number of rotatable bonds is 6. The fourth-order valence-corrected chi connectivity index (χ4v) is 3.07. The van der Waals surface area contributed by atoms with Gasteiger partial charge in [-0.05, 0) is 42.6 Å². The molecule has 0 saturated heterocycles. The summed E-state index contributed by atoms with van der Waals surface area (Å²) in [7, 11) is 0. The summed E-state index contributed by atoms with van der Waals surface area (Å²) in [4.78, 5) is 24.4. The number of hydrogen-bond donors (Lipinski definition) is 0. The Bertz CT molecular complexity index is 1240. The molecule has 0 amide bonds. The number of benzene rings is 3. The monoisotopic (exact) mass is 390 g/mol. The molecule has 0 unspecified atom stereocenters. The highest BCUT2D eigenvalue weighted by Crippen LogP contribution is 2.28. The Morgan fingerprint density at radius 1 is 0.862 bits per heavy atom. The van der Waals surface area contributed by atoms with Gasteiger partial charge in [-0.15, -0.1) is 0 Å². The summed E-state index contributed by atoms with van der Waals surface area (Å²) in [6, 6.07) is 19.2. The minimum Gasteiger partial charge on any atom is -0.490 e. The van der Waals surface area contributed by atoms with Crippen molar-refractivity contribution in [3.63, 3.8) is 0 Å². The molecular formula is C23H18O6. The lowest BCUT2D eigenvalue weighted by molar-refractivity contribution is -0.136. The maximum atomic E-state index is 12.2. The van der Waals surface area contributed by atoms with E-state index in [1.807, 2.05) is 25.1 Å². The fourth-order valence-electron chi connectivity index (χ4n) is 3.07. The topological polar surface area (TPSA) is 75.0 Å². The number of carbonyl (C=O) groups is 1.